The topological polar surface area (TPSA) is 237 Å². The van der Waals surface area contributed by atoms with Gasteiger partial charge in [0.15, 0.2) is 12.2 Å². The lowest BCUT2D eigenvalue weighted by molar-refractivity contribution is -0.161. The lowest BCUT2D eigenvalue weighted by Gasteiger charge is -2.21. The van der Waals surface area contributed by atoms with Gasteiger partial charge in [0.05, 0.1) is 26.4 Å². The fourth-order valence-corrected chi connectivity index (χ4v) is 13.1. The molecule has 0 aliphatic carbocycles. The van der Waals surface area contributed by atoms with E-state index in [1.807, 2.05) is 0 Å². The lowest BCUT2D eigenvalue weighted by atomic mass is 10.0. The van der Waals surface area contributed by atoms with Crippen LogP contribution in [0.2, 0.25) is 0 Å². The molecule has 0 fully saturated rings. The summed E-state index contributed by atoms with van der Waals surface area (Å²) in [6, 6.07) is 0. The smallest absolute Gasteiger partial charge is 0.462 e. The normalized spacial score (nSPS) is 14.0. The molecule has 3 N–H and O–H groups in total. The average molecular weight is 1380 g/mol. The summed E-state index contributed by atoms with van der Waals surface area (Å²) in [4.78, 5) is 72.7. The van der Waals surface area contributed by atoms with Crippen LogP contribution in [-0.4, -0.2) is 96.7 Å². The first-order valence-corrected chi connectivity index (χ1v) is 42.0. The molecular formula is C75H146O17P2. The molecule has 2 unspecified atom stereocenters. The van der Waals surface area contributed by atoms with Gasteiger partial charge in [0.25, 0.3) is 0 Å². The van der Waals surface area contributed by atoms with Crippen LogP contribution in [0, 0.1) is 11.8 Å². The van der Waals surface area contributed by atoms with Crippen LogP contribution in [0.3, 0.4) is 0 Å². The zero-order chi connectivity index (χ0) is 69.3. The molecule has 0 rings (SSSR count). The number of rotatable bonds is 74. The van der Waals surface area contributed by atoms with E-state index in [4.69, 9.17) is 37.0 Å². The summed E-state index contributed by atoms with van der Waals surface area (Å²) in [5, 5.41) is 10.6. The molecular weight excluding hydrogens is 1230 g/mol. The highest BCUT2D eigenvalue weighted by atomic mass is 31.2. The monoisotopic (exact) mass is 1380 g/mol. The Hall–Kier alpha value is -1.94. The Balaban J connectivity index is 5.20. The third kappa shape index (κ3) is 68.6. The maximum Gasteiger partial charge on any atom is 0.472 e. The molecule has 0 aromatic rings. The summed E-state index contributed by atoms with van der Waals surface area (Å²) in [5.74, 6) is -0.653. The molecule has 0 bridgehead atoms. The molecule has 0 aromatic carbocycles. The van der Waals surface area contributed by atoms with Gasteiger partial charge in [-0.1, -0.05) is 337 Å². The third-order valence-corrected chi connectivity index (χ3v) is 19.4. The maximum atomic E-state index is 13.1. The van der Waals surface area contributed by atoms with E-state index in [0.717, 1.165) is 95.8 Å². The number of esters is 4. The van der Waals surface area contributed by atoms with Crippen LogP contribution in [0.4, 0.5) is 0 Å². The first kappa shape index (κ1) is 92.1. The Morgan fingerprint density at radius 1 is 0.287 bits per heavy atom. The summed E-state index contributed by atoms with van der Waals surface area (Å²) in [6.07, 6.45) is 54.3. The van der Waals surface area contributed by atoms with Crippen LogP contribution in [-0.2, 0) is 65.4 Å². The number of aliphatic hydroxyl groups excluding tert-OH is 1. The van der Waals surface area contributed by atoms with Crippen molar-refractivity contribution < 1.29 is 80.2 Å². The van der Waals surface area contributed by atoms with Gasteiger partial charge in [-0.15, -0.1) is 0 Å². The van der Waals surface area contributed by atoms with Crippen molar-refractivity contribution in [2.24, 2.45) is 11.8 Å². The predicted molar refractivity (Wildman–Crippen MR) is 381 cm³/mol. The van der Waals surface area contributed by atoms with Crippen molar-refractivity contribution in [2.45, 2.75) is 407 Å². The van der Waals surface area contributed by atoms with Crippen molar-refractivity contribution >= 4 is 39.5 Å². The van der Waals surface area contributed by atoms with E-state index < -0.39 is 97.5 Å². The van der Waals surface area contributed by atoms with Crippen LogP contribution in [0.15, 0.2) is 0 Å². The second-order valence-electron chi connectivity index (χ2n) is 28.0. The van der Waals surface area contributed by atoms with E-state index in [0.29, 0.717) is 31.6 Å². The van der Waals surface area contributed by atoms with E-state index in [1.165, 1.54) is 205 Å². The van der Waals surface area contributed by atoms with E-state index in [-0.39, 0.29) is 25.7 Å². The Kier molecular flexibility index (Phi) is 65.5. The average Bonchev–Trinajstić information content (AvgIpc) is 1.41. The molecule has 0 aliphatic heterocycles. The Morgan fingerprint density at radius 3 is 0.723 bits per heavy atom. The SMILES string of the molecule is CCCCCCCCCCCCCCCCCCCCCCC(=O)O[C@H](COC(=O)CCCCCCCCCCCCCC(C)C)COP(=O)(O)OC[C@@H](O)COP(=O)(O)OC[C@@H](COC(=O)CCCCCCCCCCCC)OC(=O)CCCCCCCCCC(C)C. The van der Waals surface area contributed by atoms with Crippen molar-refractivity contribution in [3.8, 4) is 0 Å². The van der Waals surface area contributed by atoms with E-state index in [2.05, 4.69) is 41.5 Å². The molecule has 17 nitrogen and oxygen atoms in total. The van der Waals surface area contributed by atoms with Gasteiger partial charge in [-0.2, -0.15) is 0 Å². The molecule has 5 atom stereocenters. The summed E-state index contributed by atoms with van der Waals surface area (Å²) in [5.41, 5.74) is 0. The molecule has 19 heteroatoms. The second kappa shape index (κ2) is 66.9. The molecule has 0 aliphatic rings. The molecule has 0 amide bonds. The molecule has 0 aromatic heterocycles. The molecule has 94 heavy (non-hydrogen) atoms. The van der Waals surface area contributed by atoms with Crippen LogP contribution in [0.5, 0.6) is 0 Å². The van der Waals surface area contributed by atoms with Crippen LogP contribution >= 0.6 is 15.6 Å². The van der Waals surface area contributed by atoms with Gasteiger partial charge in [-0.05, 0) is 37.5 Å². The summed E-state index contributed by atoms with van der Waals surface area (Å²) in [6.45, 7) is 9.52. The largest absolute Gasteiger partial charge is 0.472 e. The third-order valence-electron chi connectivity index (χ3n) is 17.5. The van der Waals surface area contributed by atoms with Gasteiger partial charge in [0.1, 0.15) is 19.3 Å². The molecule has 0 spiro atoms. The fraction of sp³-hybridized carbons (Fsp3) is 0.947. The minimum atomic E-state index is -4.96. The van der Waals surface area contributed by atoms with E-state index in [9.17, 15) is 43.2 Å². The van der Waals surface area contributed by atoms with Gasteiger partial charge in [0, 0.05) is 25.7 Å². The van der Waals surface area contributed by atoms with Gasteiger partial charge >= 0.3 is 39.5 Å². The Bertz CT molecular complexity index is 1820. The molecule has 0 saturated heterocycles. The van der Waals surface area contributed by atoms with Crippen molar-refractivity contribution in [3.63, 3.8) is 0 Å². The van der Waals surface area contributed by atoms with Crippen LogP contribution in [0.25, 0.3) is 0 Å². The molecule has 0 saturated carbocycles. The van der Waals surface area contributed by atoms with Crippen LogP contribution in [0.1, 0.15) is 388 Å². The number of hydrogen-bond acceptors (Lipinski definition) is 15. The minimum Gasteiger partial charge on any atom is -0.462 e. The zero-order valence-electron chi connectivity index (χ0n) is 61.3. The first-order chi connectivity index (χ1) is 45.4. The van der Waals surface area contributed by atoms with Crippen molar-refractivity contribution in [3.05, 3.63) is 0 Å². The van der Waals surface area contributed by atoms with E-state index >= 15 is 0 Å². The highest BCUT2D eigenvalue weighted by molar-refractivity contribution is 7.47. The van der Waals surface area contributed by atoms with Crippen molar-refractivity contribution in [2.75, 3.05) is 39.6 Å². The number of phosphoric ester groups is 2. The standard InChI is InChI=1S/C75H146O17P2/c1-7-9-11-13-15-17-19-20-21-22-23-24-25-26-27-30-35-41-47-53-59-74(79)91-70(63-86-73(78)58-52-46-40-34-31-28-29-32-37-43-49-55-67(3)4)65-89-93(81,82)87-61-69(76)62-88-94(83,84)90-66-71(92-75(80)60-54-48-42-36-38-44-50-56-68(5)6)64-85-72(77)57-51-45-39-33-18-16-14-12-10-8-2/h67-71,76H,7-66H2,1-6H3,(H,81,82)(H,83,84)/t69-,70-,71-/m1/s1. The van der Waals surface area contributed by atoms with Gasteiger partial charge in [0.2, 0.25) is 0 Å². The van der Waals surface area contributed by atoms with Gasteiger partial charge in [-0.25, -0.2) is 9.13 Å². The van der Waals surface area contributed by atoms with Crippen molar-refractivity contribution in [1.82, 2.24) is 0 Å². The Morgan fingerprint density at radius 2 is 0.489 bits per heavy atom. The van der Waals surface area contributed by atoms with Gasteiger partial charge in [-0.3, -0.25) is 37.3 Å². The van der Waals surface area contributed by atoms with Crippen molar-refractivity contribution in [1.29, 1.82) is 0 Å². The zero-order valence-corrected chi connectivity index (χ0v) is 63.1. The van der Waals surface area contributed by atoms with Crippen LogP contribution < -0.4 is 0 Å². The number of ether oxygens (including phenoxy) is 4. The number of phosphoric acid groups is 2. The predicted octanol–water partition coefficient (Wildman–Crippen LogP) is 21.9. The van der Waals surface area contributed by atoms with Gasteiger partial charge < -0.3 is 33.8 Å². The number of carbonyl (C=O) groups excluding carboxylic acids is 4. The number of aliphatic hydroxyl groups is 1. The highest BCUT2D eigenvalue weighted by Crippen LogP contribution is 2.45. The molecule has 558 valence electrons. The molecule has 0 heterocycles. The lowest BCUT2D eigenvalue weighted by Crippen LogP contribution is -2.30. The highest BCUT2D eigenvalue weighted by Gasteiger charge is 2.30. The quantitative estimate of drug-likeness (QED) is 0.0222. The van der Waals surface area contributed by atoms with E-state index in [1.54, 1.807) is 0 Å². The summed E-state index contributed by atoms with van der Waals surface area (Å²) < 4.78 is 68.4. The number of hydrogen-bond donors (Lipinski definition) is 3. The summed E-state index contributed by atoms with van der Waals surface area (Å²) in [7, 11) is -9.91. The summed E-state index contributed by atoms with van der Waals surface area (Å²) >= 11 is 0. The minimum absolute atomic E-state index is 0.104. The number of carbonyl (C=O) groups is 4. The Labute approximate surface area is 575 Å². The maximum absolute atomic E-state index is 13.1. The molecule has 0 radical (unpaired) electrons. The fourth-order valence-electron chi connectivity index (χ4n) is 11.5. The number of unbranched alkanes of at least 4 members (excludes halogenated alkanes) is 44. The first-order valence-electron chi connectivity index (χ1n) is 39.0. The second-order valence-corrected chi connectivity index (χ2v) is 30.9.